The third kappa shape index (κ3) is 1.59. The topological polar surface area (TPSA) is 39.0 Å². The van der Waals surface area contributed by atoms with E-state index < -0.39 is 0 Å². The summed E-state index contributed by atoms with van der Waals surface area (Å²) in [6.07, 6.45) is 9.85. The average Bonchev–Trinajstić information content (AvgIpc) is 3.28. The molecule has 5 nitrogen and oxygen atoms in total. The molecule has 1 aromatic carbocycles. The Morgan fingerprint density at radius 1 is 0.880 bits per heavy atom. The average molecular weight is 324 g/mol. The first-order chi connectivity index (χ1) is 12.4. The Balaban J connectivity index is 1.81. The fraction of sp³-hybridized carbons (Fsp3) is 0.0500. The lowest BCUT2D eigenvalue weighted by Gasteiger charge is -2.02. The van der Waals surface area contributed by atoms with Gasteiger partial charge < -0.3 is 0 Å². The smallest absolute Gasteiger partial charge is 0.270 e. The molecular weight excluding hydrogens is 310 g/mol. The van der Waals surface area contributed by atoms with Gasteiger partial charge in [-0.05, 0) is 24.3 Å². The maximum atomic E-state index is 4.38. The van der Waals surface area contributed by atoms with Crippen LogP contribution in [-0.2, 0) is 6.54 Å². The molecule has 0 N–H and O–H groups in total. The van der Waals surface area contributed by atoms with Crippen molar-refractivity contribution in [3.8, 4) is 17.1 Å². The highest BCUT2D eigenvalue weighted by Crippen LogP contribution is 2.32. The molecule has 5 aromatic rings. The number of fused-ring (bicyclic) bond motifs is 7. The van der Waals surface area contributed by atoms with Gasteiger partial charge in [-0.15, -0.1) is 0 Å². The minimum absolute atomic E-state index is 0.858. The maximum Gasteiger partial charge on any atom is 0.296 e. The van der Waals surface area contributed by atoms with E-state index in [1.807, 2.05) is 30.9 Å². The second kappa shape index (κ2) is 4.54. The summed E-state index contributed by atoms with van der Waals surface area (Å²) in [5, 5.41) is 0. The fourth-order valence-corrected chi connectivity index (χ4v) is 3.95. The molecule has 5 heteroatoms. The summed E-state index contributed by atoms with van der Waals surface area (Å²) in [5.74, 6) is 1.19. The molecule has 0 fully saturated rings. The van der Waals surface area contributed by atoms with Gasteiger partial charge in [-0.25, -0.2) is 4.57 Å². The molecular formula is C20H14N5+. The number of hydrogen-bond acceptors (Lipinski definition) is 2. The molecule has 0 atom stereocenters. The summed E-state index contributed by atoms with van der Waals surface area (Å²) in [7, 11) is 0. The first-order valence-electron chi connectivity index (χ1n) is 8.30. The van der Waals surface area contributed by atoms with Crippen molar-refractivity contribution in [1.29, 1.82) is 0 Å². The molecule has 118 valence electrons. The van der Waals surface area contributed by atoms with Crippen molar-refractivity contribution >= 4 is 16.7 Å². The van der Waals surface area contributed by atoms with Crippen molar-refractivity contribution in [2.45, 2.75) is 6.54 Å². The third-order valence-electron chi connectivity index (χ3n) is 4.97. The van der Waals surface area contributed by atoms with Crippen molar-refractivity contribution in [3.63, 3.8) is 0 Å². The van der Waals surface area contributed by atoms with Gasteiger partial charge in [0.15, 0.2) is 11.7 Å². The molecule has 1 aliphatic rings. The molecule has 0 saturated carbocycles. The van der Waals surface area contributed by atoms with Gasteiger partial charge in [0.25, 0.3) is 11.5 Å². The molecule has 0 saturated heterocycles. The number of pyridine rings is 2. The Hall–Kier alpha value is -3.47. The van der Waals surface area contributed by atoms with E-state index in [1.54, 1.807) is 0 Å². The van der Waals surface area contributed by atoms with E-state index in [1.165, 1.54) is 17.0 Å². The highest BCUT2D eigenvalue weighted by Gasteiger charge is 2.33. The van der Waals surface area contributed by atoms with E-state index in [9.17, 15) is 0 Å². The van der Waals surface area contributed by atoms with E-state index in [-0.39, 0.29) is 0 Å². The van der Waals surface area contributed by atoms with Crippen LogP contribution in [0.1, 0.15) is 5.56 Å². The fourth-order valence-electron chi connectivity index (χ4n) is 3.95. The van der Waals surface area contributed by atoms with Gasteiger partial charge in [0.2, 0.25) is 0 Å². The molecule has 25 heavy (non-hydrogen) atoms. The third-order valence-corrected chi connectivity index (χ3v) is 4.97. The van der Waals surface area contributed by atoms with Crippen LogP contribution in [0.4, 0.5) is 0 Å². The van der Waals surface area contributed by atoms with Crippen LogP contribution in [0.5, 0.6) is 0 Å². The van der Waals surface area contributed by atoms with Gasteiger partial charge in [0, 0.05) is 29.8 Å². The molecule has 6 rings (SSSR count). The molecule has 4 aromatic heterocycles. The van der Waals surface area contributed by atoms with Gasteiger partial charge in [-0.3, -0.25) is 14.5 Å². The summed E-state index contributed by atoms with van der Waals surface area (Å²) < 4.78 is 6.90. The Labute approximate surface area is 143 Å². The van der Waals surface area contributed by atoms with Gasteiger partial charge in [-0.1, -0.05) is 18.2 Å². The lowest BCUT2D eigenvalue weighted by molar-refractivity contribution is -0.670. The van der Waals surface area contributed by atoms with Gasteiger partial charge >= 0.3 is 0 Å². The van der Waals surface area contributed by atoms with Crippen LogP contribution < -0.4 is 4.57 Å². The zero-order chi connectivity index (χ0) is 16.4. The maximum absolute atomic E-state index is 4.38. The number of imidazole rings is 2. The van der Waals surface area contributed by atoms with E-state index in [0.29, 0.717) is 0 Å². The van der Waals surface area contributed by atoms with E-state index in [2.05, 4.69) is 66.1 Å². The van der Waals surface area contributed by atoms with Gasteiger partial charge in [0.1, 0.15) is 12.1 Å². The molecule has 0 aliphatic carbocycles. The number of nitrogens with zero attached hydrogens (tertiary/aromatic N) is 5. The Bertz CT molecular complexity index is 1260. The molecule has 0 unspecified atom stereocenters. The summed E-state index contributed by atoms with van der Waals surface area (Å²) in [6, 6.07) is 14.6. The lowest BCUT2D eigenvalue weighted by atomic mass is 10.2. The van der Waals surface area contributed by atoms with Crippen LogP contribution in [0.15, 0.2) is 73.4 Å². The van der Waals surface area contributed by atoms with Crippen LogP contribution in [0.25, 0.3) is 33.8 Å². The van der Waals surface area contributed by atoms with Crippen molar-refractivity contribution in [2.24, 2.45) is 0 Å². The monoisotopic (exact) mass is 324 g/mol. The second-order valence-corrected chi connectivity index (χ2v) is 6.34. The van der Waals surface area contributed by atoms with Crippen molar-refractivity contribution in [3.05, 3.63) is 79.0 Å². The number of hydrogen-bond donors (Lipinski definition) is 0. The predicted octanol–water partition coefficient (Wildman–Crippen LogP) is 2.99. The van der Waals surface area contributed by atoms with Crippen LogP contribution in [0, 0.1) is 0 Å². The van der Waals surface area contributed by atoms with Crippen LogP contribution in [-0.4, -0.2) is 18.9 Å². The second-order valence-electron chi connectivity index (χ2n) is 6.34. The van der Waals surface area contributed by atoms with Crippen LogP contribution >= 0.6 is 0 Å². The minimum Gasteiger partial charge on any atom is -0.270 e. The SMILES string of the molecule is c1ccc(-n2c3ccncc3n3c4[n+](cc23)Cc2cnccc2-4)cc1. The normalized spacial score (nSPS) is 12.6. The van der Waals surface area contributed by atoms with Gasteiger partial charge in [-0.2, -0.15) is 4.40 Å². The zero-order valence-corrected chi connectivity index (χ0v) is 13.4. The highest BCUT2D eigenvalue weighted by molar-refractivity contribution is 5.85. The number of para-hydroxylation sites is 1. The first-order valence-corrected chi connectivity index (χ1v) is 8.30. The largest absolute Gasteiger partial charge is 0.296 e. The standard InChI is InChI=1S/C20H14N5/c1-2-4-15(5-3-1)24-17-7-9-22-11-18(17)25-19(24)13-23-12-14-10-21-8-6-16(14)20(23)25/h1-11,13H,12H2/q+1. The molecule has 0 amide bonds. The van der Waals surface area contributed by atoms with Crippen molar-refractivity contribution in [2.75, 3.05) is 0 Å². The van der Waals surface area contributed by atoms with Crippen molar-refractivity contribution < 1.29 is 4.57 Å². The summed E-state index contributed by atoms with van der Waals surface area (Å²) in [5.41, 5.74) is 7.07. The zero-order valence-electron chi connectivity index (χ0n) is 13.4. The molecule has 0 radical (unpaired) electrons. The quantitative estimate of drug-likeness (QED) is 0.436. The summed E-state index contributed by atoms with van der Waals surface area (Å²) in [6.45, 7) is 0.858. The number of benzene rings is 1. The van der Waals surface area contributed by atoms with E-state index >= 15 is 0 Å². The highest BCUT2D eigenvalue weighted by atomic mass is 15.2. The van der Waals surface area contributed by atoms with E-state index in [0.717, 1.165) is 28.9 Å². The van der Waals surface area contributed by atoms with E-state index in [4.69, 9.17) is 0 Å². The summed E-state index contributed by atoms with van der Waals surface area (Å²) >= 11 is 0. The van der Waals surface area contributed by atoms with Crippen LogP contribution in [0.3, 0.4) is 0 Å². The predicted molar refractivity (Wildman–Crippen MR) is 94.6 cm³/mol. The first kappa shape index (κ1) is 12.9. The minimum atomic E-state index is 0.858. The Morgan fingerprint density at radius 2 is 1.72 bits per heavy atom. The summed E-state index contributed by atoms with van der Waals surface area (Å²) in [4.78, 5) is 8.65. The molecule has 1 aliphatic heterocycles. The molecule has 5 heterocycles. The molecule has 0 bridgehead atoms. The number of rotatable bonds is 1. The van der Waals surface area contributed by atoms with Crippen LogP contribution in [0.2, 0.25) is 0 Å². The van der Waals surface area contributed by atoms with Gasteiger partial charge in [0.05, 0.1) is 11.8 Å². The Morgan fingerprint density at radius 3 is 2.64 bits per heavy atom. The molecule has 0 spiro atoms. The number of aromatic nitrogens is 5. The lowest BCUT2D eigenvalue weighted by Crippen LogP contribution is -2.29. The Kier molecular flexibility index (Phi) is 2.34. The van der Waals surface area contributed by atoms with Crippen molar-refractivity contribution in [1.82, 2.24) is 18.9 Å².